The Labute approximate surface area is 208 Å². The quantitative estimate of drug-likeness (QED) is 0.366. The Morgan fingerprint density at radius 3 is 2.44 bits per heavy atom. The minimum atomic E-state index is -0.00852. The van der Waals surface area contributed by atoms with Gasteiger partial charge >= 0.3 is 0 Å². The van der Waals surface area contributed by atoms with Gasteiger partial charge in [-0.2, -0.15) is 9.61 Å². The van der Waals surface area contributed by atoms with Crippen LogP contribution in [0.25, 0.3) is 28.2 Å². The highest BCUT2D eigenvalue weighted by atomic mass is 16.5. The van der Waals surface area contributed by atoms with E-state index in [4.69, 9.17) is 19.2 Å². The average molecular weight is 480 g/mol. The number of nitrogens with zero attached hydrogens (tertiary/aromatic N) is 5. The second kappa shape index (κ2) is 9.22. The number of amides is 1. The number of benzene rings is 2. The largest absolute Gasteiger partial charge is 0.497 e. The minimum absolute atomic E-state index is 0.00852. The molecule has 36 heavy (non-hydrogen) atoms. The van der Waals surface area contributed by atoms with Crippen LogP contribution in [0.4, 0.5) is 5.82 Å². The third kappa shape index (κ3) is 4.07. The van der Waals surface area contributed by atoms with Crippen molar-refractivity contribution in [3.8, 4) is 28.3 Å². The molecule has 6 rings (SSSR count). The van der Waals surface area contributed by atoms with Gasteiger partial charge in [0.25, 0.3) is 5.91 Å². The Bertz CT molecular complexity index is 1500. The highest BCUT2D eigenvalue weighted by Crippen LogP contribution is 2.30. The summed E-state index contributed by atoms with van der Waals surface area (Å²) < 4.78 is 12.4. The fraction of sp³-hybridized carbons (Fsp3) is 0.179. The highest BCUT2D eigenvalue weighted by Gasteiger charge is 2.25. The zero-order valence-corrected chi connectivity index (χ0v) is 19.9. The monoisotopic (exact) mass is 479 g/mol. The summed E-state index contributed by atoms with van der Waals surface area (Å²) in [6, 6.07) is 23.8. The molecule has 8 heteroatoms. The van der Waals surface area contributed by atoms with Crippen LogP contribution in [-0.4, -0.2) is 58.7 Å². The number of ether oxygens (including phenoxy) is 1. The molecular formula is C28H25N5O3. The lowest BCUT2D eigenvalue weighted by Crippen LogP contribution is -2.49. The Balaban J connectivity index is 1.38. The number of hydrogen-bond acceptors (Lipinski definition) is 6. The van der Waals surface area contributed by atoms with Gasteiger partial charge in [0.2, 0.25) is 0 Å². The van der Waals surface area contributed by atoms with Crippen molar-refractivity contribution in [3.05, 3.63) is 90.9 Å². The van der Waals surface area contributed by atoms with Crippen molar-refractivity contribution in [1.82, 2.24) is 19.5 Å². The number of methoxy groups -OCH3 is 1. The van der Waals surface area contributed by atoms with Gasteiger partial charge < -0.3 is 19.0 Å². The van der Waals surface area contributed by atoms with Crippen LogP contribution in [0, 0.1) is 0 Å². The molecule has 5 aromatic rings. The number of carbonyl (C=O) groups is 1. The molecule has 1 aliphatic rings. The van der Waals surface area contributed by atoms with Crippen molar-refractivity contribution in [2.75, 3.05) is 38.2 Å². The van der Waals surface area contributed by atoms with Gasteiger partial charge in [-0.15, -0.1) is 0 Å². The maximum atomic E-state index is 12.8. The lowest BCUT2D eigenvalue weighted by Gasteiger charge is -2.36. The fourth-order valence-electron chi connectivity index (χ4n) is 4.57. The first kappa shape index (κ1) is 21.9. The molecule has 1 amide bonds. The van der Waals surface area contributed by atoms with Crippen LogP contribution in [0.2, 0.25) is 0 Å². The molecule has 0 spiro atoms. The summed E-state index contributed by atoms with van der Waals surface area (Å²) in [6.07, 6.45) is 3.02. The number of carbonyl (C=O) groups excluding carboxylic acids is 1. The molecule has 1 fully saturated rings. The van der Waals surface area contributed by atoms with E-state index in [1.54, 1.807) is 13.2 Å². The predicted molar refractivity (Wildman–Crippen MR) is 137 cm³/mol. The maximum Gasteiger partial charge on any atom is 0.257 e. The second-order valence-corrected chi connectivity index (χ2v) is 8.69. The van der Waals surface area contributed by atoms with E-state index < -0.39 is 0 Å². The van der Waals surface area contributed by atoms with Crippen molar-refractivity contribution in [1.29, 1.82) is 0 Å². The number of aromatic nitrogens is 3. The van der Waals surface area contributed by atoms with Crippen LogP contribution in [0.1, 0.15) is 10.4 Å². The Morgan fingerprint density at radius 2 is 1.69 bits per heavy atom. The summed E-state index contributed by atoms with van der Waals surface area (Å²) in [5, 5.41) is 4.92. The molecule has 0 unspecified atom stereocenters. The summed E-state index contributed by atoms with van der Waals surface area (Å²) in [5.41, 5.74) is 5.05. The summed E-state index contributed by atoms with van der Waals surface area (Å²) in [6.45, 7) is 2.58. The summed E-state index contributed by atoms with van der Waals surface area (Å²) in [7, 11) is 1.66. The van der Waals surface area contributed by atoms with Crippen LogP contribution in [-0.2, 0) is 0 Å². The van der Waals surface area contributed by atoms with Gasteiger partial charge in [0, 0.05) is 49.4 Å². The molecule has 3 aromatic heterocycles. The maximum absolute atomic E-state index is 12.8. The number of furan rings is 1. The van der Waals surface area contributed by atoms with Crippen molar-refractivity contribution in [2.24, 2.45) is 0 Å². The van der Waals surface area contributed by atoms with Crippen LogP contribution < -0.4 is 9.64 Å². The molecule has 8 nitrogen and oxygen atoms in total. The molecule has 0 N–H and O–H groups in total. The van der Waals surface area contributed by atoms with Gasteiger partial charge in [0.1, 0.15) is 17.8 Å². The van der Waals surface area contributed by atoms with Gasteiger partial charge in [0.05, 0.1) is 30.3 Å². The molecule has 2 aromatic carbocycles. The Hall–Kier alpha value is -4.59. The SMILES string of the molecule is COc1cccc(-c2cc(N3CCN(C(=O)c4ccoc4)CC3)n3nc(-c4ccccc4)cc3n2)c1. The summed E-state index contributed by atoms with van der Waals surface area (Å²) >= 11 is 0. The zero-order chi connectivity index (χ0) is 24.5. The first-order valence-corrected chi connectivity index (χ1v) is 11.9. The smallest absolute Gasteiger partial charge is 0.257 e. The van der Waals surface area contributed by atoms with Gasteiger partial charge in [0.15, 0.2) is 5.65 Å². The molecular weight excluding hydrogens is 454 g/mol. The van der Waals surface area contributed by atoms with E-state index in [9.17, 15) is 4.79 Å². The molecule has 0 bridgehead atoms. The van der Waals surface area contributed by atoms with E-state index in [0.717, 1.165) is 39.7 Å². The summed E-state index contributed by atoms with van der Waals surface area (Å²) in [5.74, 6) is 1.71. The second-order valence-electron chi connectivity index (χ2n) is 8.69. The van der Waals surface area contributed by atoms with Crippen LogP contribution in [0.5, 0.6) is 5.75 Å². The van der Waals surface area contributed by atoms with Gasteiger partial charge in [-0.1, -0.05) is 42.5 Å². The number of fused-ring (bicyclic) bond motifs is 1. The number of hydrogen-bond donors (Lipinski definition) is 0. The molecule has 0 aliphatic carbocycles. The number of piperazine rings is 1. The average Bonchev–Trinajstić information content (AvgIpc) is 3.63. The van der Waals surface area contributed by atoms with Gasteiger partial charge in [-0.25, -0.2) is 4.98 Å². The van der Waals surface area contributed by atoms with Crippen molar-refractivity contribution in [2.45, 2.75) is 0 Å². The standard InChI is InChI=1S/C28H25N5O3/c1-35-23-9-5-8-21(16-23)24-18-27(31-11-13-32(14-12-31)28(34)22-10-15-36-19-22)33-26(29-24)17-25(30-33)20-6-3-2-4-7-20/h2-10,15-19H,11-14H2,1H3. The predicted octanol–water partition coefficient (Wildman–Crippen LogP) is 4.63. The van der Waals surface area contributed by atoms with E-state index in [0.29, 0.717) is 31.7 Å². The van der Waals surface area contributed by atoms with E-state index >= 15 is 0 Å². The first-order chi connectivity index (χ1) is 17.7. The molecule has 0 saturated carbocycles. The van der Waals surface area contributed by atoms with Gasteiger partial charge in [-0.05, 0) is 18.2 Å². The topological polar surface area (TPSA) is 76.1 Å². The third-order valence-electron chi connectivity index (χ3n) is 6.50. The van der Waals surface area contributed by atoms with Crippen molar-refractivity contribution < 1.29 is 13.9 Å². The minimum Gasteiger partial charge on any atom is -0.497 e. The van der Waals surface area contributed by atoms with Crippen LogP contribution in [0.15, 0.2) is 89.7 Å². The fourth-order valence-corrected chi connectivity index (χ4v) is 4.57. The number of anilines is 1. The number of rotatable bonds is 5. The van der Waals surface area contributed by atoms with Crippen LogP contribution in [0.3, 0.4) is 0 Å². The first-order valence-electron chi connectivity index (χ1n) is 11.9. The van der Waals surface area contributed by atoms with Gasteiger partial charge in [-0.3, -0.25) is 4.79 Å². The molecule has 1 aliphatic heterocycles. The molecule has 4 heterocycles. The lowest BCUT2D eigenvalue weighted by atomic mass is 10.1. The van der Waals surface area contributed by atoms with E-state index in [-0.39, 0.29) is 5.91 Å². The summed E-state index contributed by atoms with van der Waals surface area (Å²) in [4.78, 5) is 21.9. The normalized spacial score (nSPS) is 13.8. The van der Waals surface area contributed by atoms with E-state index in [2.05, 4.69) is 11.0 Å². The molecule has 180 valence electrons. The lowest BCUT2D eigenvalue weighted by molar-refractivity contribution is 0.0745. The Kier molecular flexibility index (Phi) is 5.61. The van der Waals surface area contributed by atoms with E-state index in [1.807, 2.05) is 70.1 Å². The Morgan fingerprint density at radius 1 is 0.889 bits per heavy atom. The third-order valence-corrected chi connectivity index (χ3v) is 6.50. The molecule has 1 saturated heterocycles. The molecule has 0 atom stereocenters. The van der Waals surface area contributed by atoms with Crippen molar-refractivity contribution >= 4 is 17.4 Å². The molecule has 0 radical (unpaired) electrons. The van der Waals surface area contributed by atoms with Crippen LogP contribution >= 0.6 is 0 Å². The zero-order valence-electron chi connectivity index (χ0n) is 19.9. The highest BCUT2D eigenvalue weighted by molar-refractivity contribution is 5.94. The van der Waals surface area contributed by atoms with Crippen molar-refractivity contribution in [3.63, 3.8) is 0 Å². The van der Waals surface area contributed by atoms with E-state index in [1.165, 1.54) is 12.5 Å².